The molecule has 0 aliphatic heterocycles. The Kier molecular flexibility index (Phi) is 8.16. The molecule has 0 saturated heterocycles. The molecule has 1 aromatic carbocycles. The van der Waals surface area contributed by atoms with Crippen LogP contribution in [0.1, 0.15) is 27.2 Å². The molecule has 4 nitrogen and oxygen atoms in total. The summed E-state index contributed by atoms with van der Waals surface area (Å²) in [5, 5.41) is 3.43. The lowest BCUT2D eigenvalue weighted by Crippen LogP contribution is -2.33. The Bertz CT molecular complexity index is 393. The molecule has 0 radical (unpaired) electrons. The summed E-state index contributed by atoms with van der Waals surface area (Å²) in [6.07, 6.45) is 1.05. The van der Waals surface area contributed by atoms with Gasteiger partial charge >= 0.3 is 0 Å². The highest BCUT2D eigenvalue weighted by Crippen LogP contribution is 2.26. The molecule has 0 amide bonds. The van der Waals surface area contributed by atoms with Gasteiger partial charge < -0.3 is 19.5 Å². The van der Waals surface area contributed by atoms with Crippen LogP contribution in [-0.2, 0) is 4.74 Å². The first-order valence-corrected chi connectivity index (χ1v) is 7.63. The van der Waals surface area contributed by atoms with Gasteiger partial charge in [-0.2, -0.15) is 0 Å². The van der Waals surface area contributed by atoms with Crippen LogP contribution in [0.5, 0.6) is 11.5 Å². The highest BCUT2D eigenvalue weighted by atomic mass is 16.5. The number of hydrogen-bond donors (Lipinski definition) is 1. The number of nitrogens with one attached hydrogen (secondary N) is 1. The first-order chi connectivity index (χ1) is 10.1. The van der Waals surface area contributed by atoms with Crippen LogP contribution in [0, 0.1) is 5.41 Å². The van der Waals surface area contributed by atoms with E-state index in [4.69, 9.17) is 14.2 Å². The molecule has 0 aliphatic carbocycles. The van der Waals surface area contributed by atoms with Gasteiger partial charge in [-0.3, -0.25) is 0 Å². The van der Waals surface area contributed by atoms with Crippen molar-refractivity contribution in [1.82, 2.24) is 5.32 Å². The maximum absolute atomic E-state index is 5.77. The molecule has 120 valence electrons. The fourth-order valence-corrected chi connectivity index (χ4v) is 1.97. The molecule has 0 heterocycles. The topological polar surface area (TPSA) is 39.7 Å². The van der Waals surface area contributed by atoms with E-state index in [1.54, 1.807) is 7.11 Å². The molecule has 1 rings (SSSR count). The summed E-state index contributed by atoms with van der Waals surface area (Å²) < 4.78 is 16.4. The Morgan fingerprint density at radius 1 is 1.05 bits per heavy atom. The predicted octanol–water partition coefficient (Wildman–Crippen LogP) is 3.12. The number of hydrogen-bond acceptors (Lipinski definition) is 4. The van der Waals surface area contributed by atoms with E-state index >= 15 is 0 Å². The Morgan fingerprint density at radius 2 is 1.71 bits per heavy atom. The summed E-state index contributed by atoms with van der Waals surface area (Å²) in [6.45, 7) is 10.3. The van der Waals surface area contributed by atoms with E-state index in [1.807, 2.05) is 31.2 Å². The number of methoxy groups -OCH3 is 1. The van der Waals surface area contributed by atoms with Crippen molar-refractivity contribution in [3.63, 3.8) is 0 Å². The van der Waals surface area contributed by atoms with Gasteiger partial charge in [0.15, 0.2) is 11.5 Å². The molecular formula is C17H29NO3. The van der Waals surface area contributed by atoms with Crippen LogP contribution >= 0.6 is 0 Å². The summed E-state index contributed by atoms with van der Waals surface area (Å²) in [4.78, 5) is 0. The van der Waals surface area contributed by atoms with Crippen molar-refractivity contribution in [3.8, 4) is 11.5 Å². The van der Waals surface area contributed by atoms with E-state index < -0.39 is 0 Å². The Hall–Kier alpha value is -1.26. The average molecular weight is 295 g/mol. The van der Waals surface area contributed by atoms with Gasteiger partial charge in [-0.25, -0.2) is 0 Å². The molecule has 4 heteroatoms. The van der Waals surface area contributed by atoms with Gasteiger partial charge in [-0.05, 0) is 30.9 Å². The zero-order chi connectivity index (χ0) is 15.6. The molecule has 0 spiro atoms. The van der Waals surface area contributed by atoms with Crippen molar-refractivity contribution >= 4 is 0 Å². The Labute approximate surface area is 128 Å². The average Bonchev–Trinajstić information content (AvgIpc) is 2.47. The molecule has 0 bridgehead atoms. The van der Waals surface area contributed by atoms with Crippen LogP contribution in [0.3, 0.4) is 0 Å². The van der Waals surface area contributed by atoms with E-state index in [0.29, 0.717) is 13.2 Å². The number of benzene rings is 1. The fourth-order valence-electron chi connectivity index (χ4n) is 1.97. The molecule has 1 N–H and O–H groups in total. The van der Waals surface area contributed by atoms with Gasteiger partial charge in [0.25, 0.3) is 0 Å². The second-order valence-electron chi connectivity index (χ2n) is 5.81. The summed E-state index contributed by atoms with van der Waals surface area (Å²) in [7, 11) is 1.74. The van der Waals surface area contributed by atoms with Crippen LogP contribution in [0.4, 0.5) is 0 Å². The van der Waals surface area contributed by atoms with E-state index in [2.05, 4.69) is 19.2 Å². The van der Waals surface area contributed by atoms with Crippen molar-refractivity contribution in [3.05, 3.63) is 24.3 Å². The lowest BCUT2D eigenvalue weighted by atomic mass is 9.90. The first kappa shape index (κ1) is 17.8. The number of ether oxygens (including phenoxy) is 3. The van der Waals surface area contributed by atoms with E-state index in [9.17, 15) is 0 Å². The molecule has 0 aromatic heterocycles. The van der Waals surface area contributed by atoms with Gasteiger partial charge in [0.05, 0.1) is 6.61 Å². The van der Waals surface area contributed by atoms with Crippen LogP contribution in [0.2, 0.25) is 0 Å². The molecule has 0 unspecified atom stereocenters. The smallest absolute Gasteiger partial charge is 0.161 e. The maximum atomic E-state index is 5.77. The third-order valence-electron chi connectivity index (χ3n) is 3.27. The molecular weight excluding hydrogens is 266 g/mol. The van der Waals surface area contributed by atoms with Crippen LogP contribution in [0.15, 0.2) is 24.3 Å². The fraction of sp³-hybridized carbons (Fsp3) is 0.647. The van der Waals surface area contributed by atoms with E-state index in [1.165, 1.54) is 0 Å². The summed E-state index contributed by atoms with van der Waals surface area (Å²) in [5.41, 5.74) is 0.235. The van der Waals surface area contributed by atoms with Crippen molar-refractivity contribution < 1.29 is 14.2 Å². The van der Waals surface area contributed by atoms with Crippen molar-refractivity contribution in [1.29, 1.82) is 0 Å². The zero-order valence-electron chi connectivity index (χ0n) is 13.8. The minimum Gasteiger partial charge on any atom is -0.490 e. The predicted molar refractivity (Wildman–Crippen MR) is 86.2 cm³/mol. The minimum atomic E-state index is 0.235. The monoisotopic (exact) mass is 295 g/mol. The Morgan fingerprint density at radius 3 is 2.33 bits per heavy atom. The minimum absolute atomic E-state index is 0.235. The quantitative estimate of drug-likeness (QED) is 0.637. The third kappa shape index (κ3) is 7.34. The summed E-state index contributed by atoms with van der Waals surface area (Å²) in [6, 6.07) is 7.78. The Balaban J connectivity index is 2.25. The molecule has 21 heavy (non-hydrogen) atoms. The zero-order valence-corrected chi connectivity index (χ0v) is 13.8. The molecule has 0 saturated carbocycles. The van der Waals surface area contributed by atoms with Crippen LogP contribution in [-0.4, -0.2) is 40.0 Å². The highest BCUT2D eigenvalue weighted by Gasteiger charge is 2.16. The largest absolute Gasteiger partial charge is 0.490 e. The van der Waals surface area contributed by atoms with Gasteiger partial charge in [0.1, 0.15) is 6.61 Å². The maximum Gasteiger partial charge on any atom is 0.161 e. The lowest BCUT2D eigenvalue weighted by Gasteiger charge is -2.24. The van der Waals surface area contributed by atoms with Crippen molar-refractivity contribution in [2.75, 3.05) is 40.0 Å². The number of rotatable bonds is 11. The third-order valence-corrected chi connectivity index (χ3v) is 3.27. The van der Waals surface area contributed by atoms with Crippen molar-refractivity contribution in [2.24, 2.45) is 5.41 Å². The summed E-state index contributed by atoms with van der Waals surface area (Å²) >= 11 is 0. The van der Waals surface area contributed by atoms with Gasteiger partial charge in [-0.15, -0.1) is 0 Å². The second kappa shape index (κ2) is 9.64. The van der Waals surface area contributed by atoms with Crippen LogP contribution < -0.4 is 14.8 Å². The van der Waals surface area contributed by atoms with Gasteiger partial charge in [0.2, 0.25) is 0 Å². The van der Waals surface area contributed by atoms with E-state index in [-0.39, 0.29) is 5.41 Å². The normalized spacial score (nSPS) is 11.4. The molecule has 1 aromatic rings. The lowest BCUT2D eigenvalue weighted by molar-refractivity contribution is 0.150. The summed E-state index contributed by atoms with van der Waals surface area (Å²) in [5.74, 6) is 1.61. The van der Waals surface area contributed by atoms with Crippen LogP contribution in [0.25, 0.3) is 0 Å². The molecule has 0 atom stereocenters. The SMILES string of the molecule is CCOc1ccccc1OCCNCC(C)(C)CCOC. The first-order valence-electron chi connectivity index (χ1n) is 7.63. The van der Waals surface area contributed by atoms with Crippen molar-refractivity contribution in [2.45, 2.75) is 27.2 Å². The molecule has 0 fully saturated rings. The van der Waals surface area contributed by atoms with Gasteiger partial charge in [0, 0.05) is 26.8 Å². The standard InChI is InChI=1S/C17H29NO3/c1-5-20-15-8-6-7-9-16(15)21-13-11-18-14-17(2,3)10-12-19-4/h6-9,18H,5,10-14H2,1-4H3. The number of para-hydroxylation sites is 2. The molecule has 0 aliphatic rings. The highest BCUT2D eigenvalue weighted by molar-refractivity contribution is 5.39. The second-order valence-corrected chi connectivity index (χ2v) is 5.81. The van der Waals surface area contributed by atoms with E-state index in [0.717, 1.165) is 37.6 Å². The van der Waals surface area contributed by atoms with Gasteiger partial charge in [-0.1, -0.05) is 26.0 Å².